The zero-order valence-corrected chi connectivity index (χ0v) is 23.7. The Morgan fingerprint density at radius 2 is 1.74 bits per heavy atom. The highest BCUT2D eigenvalue weighted by atomic mass is 19.4. The molecular weight excluding hydrogens is 503 g/mol. The Labute approximate surface area is 229 Å². The molecule has 3 N–H and O–H groups in total. The highest BCUT2D eigenvalue weighted by Crippen LogP contribution is 2.37. The number of alkyl halides is 3. The molecule has 0 amide bonds. The Balaban J connectivity index is 1.66. The predicted molar refractivity (Wildman–Crippen MR) is 152 cm³/mol. The molecule has 0 saturated carbocycles. The van der Waals surface area contributed by atoms with Crippen LogP contribution in [0.3, 0.4) is 0 Å². The van der Waals surface area contributed by atoms with E-state index in [4.69, 9.17) is 4.99 Å². The predicted octanol–water partition coefficient (Wildman–Crippen LogP) is 5.19. The molecule has 1 aromatic heterocycles. The maximum atomic E-state index is 13.8. The second-order valence-corrected chi connectivity index (χ2v) is 11.5. The van der Waals surface area contributed by atoms with Gasteiger partial charge in [0.1, 0.15) is 11.7 Å². The van der Waals surface area contributed by atoms with Gasteiger partial charge in [-0.3, -0.25) is 5.32 Å². The fourth-order valence-corrected chi connectivity index (χ4v) is 4.97. The summed E-state index contributed by atoms with van der Waals surface area (Å²) in [5, 5.41) is 10.5. The van der Waals surface area contributed by atoms with Gasteiger partial charge < -0.3 is 20.4 Å². The molecular formula is C29H40F3N7. The Bertz CT molecular complexity index is 1210. The van der Waals surface area contributed by atoms with Crippen LogP contribution in [0.2, 0.25) is 0 Å². The maximum Gasteiger partial charge on any atom is 0.419 e. The van der Waals surface area contributed by atoms with E-state index in [0.29, 0.717) is 32.4 Å². The number of rotatable bonds is 6. The van der Waals surface area contributed by atoms with Crippen LogP contribution in [0.15, 0.2) is 58.9 Å². The first-order valence-electron chi connectivity index (χ1n) is 13.4. The van der Waals surface area contributed by atoms with Gasteiger partial charge in [-0.2, -0.15) is 13.2 Å². The third-order valence-electron chi connectivity index (χ3n) is 7.31. The maximum absolute atomic E-state index is 13.8. The molecule has 2 aliphatic heterocycles. The molecule has 1 aromatic carbocycles. The lowest BCUT2D eigenvalue weighted by molar-refractivity contribution is -0.137. The number of halogens is 3. The van der Waals surface area contributed by atoms with Crippen molar-refractivity contribution in [2.45, 2.75) is 57.4 Å². The van der Waals surface area contributed by atoms with Gasteiger partial charge in [0.25, 0.3) is 0 Å². The summed E-state index contributed by atoms with van der Waals surface area (Å²) in [5.74, 6) is -0.0329. The van der Waals surface area contributed by atoms with Gasteiger partial charge in [-0.05, 0) is 62.8 Å². The average Bonchev–Trinajstić information content (AvgIpc) is 3.09. The van der Waals surface area contributed by atoms with Crippen molar-refractivity contribution in [1.29, 1.82) is 0 Å². The molecule has 7 nitrogen and oxygen atoms in total. The quantitative estimate of drug-likeness (QED) is 0.466. The minimum absolute atomic E-state index is 0.0263. The van der Waals surface area contributed by atoms with Crippen LogP contribution in [-0.4, -0.2) is 62.3 Å². The van der Waals surface area contributed by atoms with Crippen molar-refractivity contribution in [1.82, 2.24) is 20.5 Å². The molecule has 0 radical (unpaired) electrons. The summed E-state index contributed by atoms with van der Waals surface area (Å²) in [7, 11) is 5.91. The lowest BCUT2D eigenvalue weighted by atomic mass is 9.87. The largest absolute Gasteiger partial charge is 0.419 e. The molecule has 0 fully saturated rings. The summed E-state index contributed by atoms with van der Waals surface area (Å²) >= 11 is 0. The Hall–Kier alpha value is -3.11. The summed E-state index contributed by atoms with van der Waals surface area (Å²) in [6.45, 7) is 8.14. The van der Waals surface area contributed by atoms with Crippen LogP contribution in [0.4, 0.5) is 24.7 Å². The van der Waals surface area contributed by atoms with Gasteiger partial charge in [0, 0.05) is 55.6 Å². The molecule has 1 unspecified atom stereocenters. The molecule has 1 atom stereocenters. The summed E-state index contributed by atoms with van der Waals surface area (Å²) in [6, 6.07) is 10.8. The minimum Gasteiger partial charge on any atom is -0.355 e. The summed E-state index contributed by atoms with van der Waals surface area (Å²) in [5.41, 5.74) is 3.45. The van der Waals surface area contributed by atoms with Crippen molar-refractivity contribution in [3.63, 3.8) is 0 Å². The summed E-state index contributed by atoms with van der Waals surface area (Å²) in [6.07, 6.45) is -1.29. The standard InChI is InChI=1S/C29H40F3N7/c1-27(2,3)20-9-11-21(12-10-20)35-25-22-13-17-39(26-23(29(30,31)32)8-7-16-34-26)18-14-24(22)36-28(33-4,37-25)15-19-38(5)6/h7-12,16,33,36H,13-15,17-19H2,1-6H3,(H,35,37). The second kappa shape index (κ2) is 11.2. The average molecular weight is 544 g/mol. The van der Waals surface area contributed by atoms with E-state index < -0.39 is 17.5 Å². The normalized spacial score (nSPS) is 20.4. The Kier molecular flexibility index (Phi) is 8.28. The van der Waals surface area contributed by atoms with Gasteiger partial charge in [-0.15, -0.1) is 0 Å². The lowest BCUT2D eigenvalue weighted by Gasteiger charge is -2.38. The van der Waals surface area contributed by atoms with Gasteiger partial charge in [0.05, 0.1) is 5.56 Å². The first-order chi connectivity index (χ1) is 18.3. The number of nitrogens with one attached hydrogen (secondary N) is 3. The molecule has 10 heteroatoms. The van der Waals surface area contributed by atoms with Gasteiger partial charge in [-0.25, -0.2) is 9.98 Å². The van der Waals surface area contributed by atoms with Crippen LogP contribution in [-0.2, 0) is 11.6 Å². The Morgan fingerprint density at radius 1 is 1.05 bits per heavy atom. The van der Waals surface area contributed by atoms with E-state index in [1.807, 2.05) is 21.1 Å². The molecule has 212 valence electrons. The van der Waals surface area contributed by atoms with E-state index in [2.05, 4.69) is 70.9 Å². The van der Waals surface area contributed by atoms with Crippen molar-refractivity contribution >= 4 is 17.3 Å². The van der Waals surface area contributed by atoms with Crippen molar-refractivity contribution in [2.24, 2.45) is 4.99 Å². The van der Waals surface area contributed by atoms with Crippen LogP contribution < -0.4 is 20.9 Å². The SMILES string of the molecule is CNC1(CCN(C)C)N=C(Nc2ccc(C(C)(C)C)cc2)C2=C(CCN(c3ncccc3C(F)(F)F)CC2)N1. The van der Waals surface area contributed by atoms with E-state index >= 15 is 0 Å². The number of amidine groups is 1. The molecule has 2 aromatic rings. The molecule has 39 heavy (non-hydrogen) atoms. The lowest BCUT2D eigenvalue weighted by Crippen LogP contribution is -2.58. The molecule has 0 bridgehead atoms. The third kappa shape index (κ3) is 6.73. The zero-order valence-electron chi connectivity index (χ0n) is 23.7. The summed E-state index contributed by atoms with van der Waals surface area (Å²) in [4.78, 5) is 13.1. The number of benzene rings is 1. The van der Waals surface area contributed by atoms with Gasteiger partial charge in [0.15, 0.2) is 5.79 Å². The van der Waals surface area contributed by atoms with Crippen LogP contribution in [0.1, 0.15) is 51.2 Å². The van der Waals surface area contributed by atoms with Crippen molar-refractivity contribution in [3.8, 4) is 0 Å². The van der Waals surface area contributed by atoms with Gasteiger partial charge in [-0.1, -0.05) is 32.9 Å². The van der Waals surface area contributed by atoms with Crippen LogP contribution in [0.25, 0.3) is 0 Å². The van der Waals surface area contributed by atoms with Crippen LogP contribution in [0.5, 0.6) is 0 Å². The van der Waals surface area contributed by atoms with Crippen LogP contribution >= 0.6 is 0 Å². The number of pyridine rings is 1. The number of anilines is 2. The fraction of sp³-hybridized carbons (Fsp3) is 0.517. The smallest absolute Gasteiger partial charge is 0.355 e. The number of aromatic nitrogens is 1. The third-order valence-corrected chi connectivity index (χ3v) is 7.31. The highest BCUT2D eigenvalue weighted by molar-refractivity contribution is 6.09. The summed E-state index contributed by atoms with van der Waals surface area (Å²) < 4.78 is 41.3. The number of aliphatic imine (C=N–C) groups is 1. The van der Waals surface area contributed by atoms with Crippen molar-refractivity contribution < 1.29 is 13.2 Å². The molecule has 2 aliphatic rings. The first-order valence-corrected chi connectivity index (χ1v) is 13.4. The van der Waals surface area contributed by atoms with Gasteiger partial charge >= 0.3 is 6.18 Å². The van der Waals surface area contributed by atoms with E-state index in [1.165, 1.54) is 17.8 Å². The number of nitrogens with zero attached hydrogens (tertiary/aromatic N) is 4. The zero-order chi connectivity index (χ0) is 28.4. The molecule has 4 rings (SSSR count). The number of hydrogen-bond acceptors (Lipinski definition) is 7. The van der Waals surface area contributed by atoms with E-state index in [0.717, 1.165) is 35.4 Å². The topological polar surface area (TPSA) is 67.8 Å². The fourth-order valence-electron chi connectivity index (χ4n) is 4.97. The van der Waals surface area contributed by atoms with Gasteiger partial charge in [0.2, 0.25) is 0 Å². The molecule has 0 saturated heterocycles. The Morgan fingerprint density at radius 3 is 2.36 bits per heavy atom. The van der Waals surface area contributed by atoms with Crippen LogP contribution in [0, 0.1) is 0 Å². The first kappa shape index (κ1) is 28.9. The minimum atomic E-state index is -4.47. The second-order valence-electron chi connectivity index (χ2n) is 11.5. The van der Waals surface area contributed by atoms with E-state index in [-0.39, 0.29) is 11.2 Å². The monoisotopic (exact) mass is 543 g/mol. The molecule has 3 heterocycles. The van der Waals surface area contributed by atoms with E-state index in [9.17, 15) is 13.2 Å². The molecule has 0 spiro atoms. The number of hydrogen-bond donors (Lipinski definition) is 3. The highest BCUT2D eigenvalue weighted by Gasteiger charge is 2.38. The van der Waals surface area contributed by atoms with Crippen molar-refractivity contribution in [3.05, 3.63) is 65.0 Å². The molecule has 0 aliphatic carbocycles. The van der Waals surface area contributed by atoms with E-state index in [1.54, 1.807) is 4.90 Å². The van der Waals surface area contributed by atoms with Crippen molar-refractivity contribution in [2.75, 3.05) is 51.0 Å².